The quantitative estimate of drug-likeness (QED) is 0.713. The molecule has 29 heavy (non-hydrogen) atoms. The maximum atomic E-state index is 12.6. The minimum absolute atomic E-state index is 0.149. The maximum Gasteiger partial charge on any atom is 0.227 e. The van der Waals surface area contributed by atoms with Gasteiger partial charge in [0.15, 0.2) is 0 Å². The minimum Gasteiger partial charge on any atom is -0.492 e. The Balaban J connectivity index is 1.41. The van der Waals surface area contributed by atoms with E-state index in [0.29, 0.717) is 18.9 Å². The number of carbonyl (C=O) groups excluding carboxylic acids is 1. The summed E-state index contributed by atoms with van der Waals surface area (Å²) in [6.45, 7) is 15.1. The summed E-state index contributed by atoms with van der Waals surface area (Å²) in [4.78, 5) is 16.9. The summed E-state index contributed by atoms with van der Waals surface area (Å²) >= 11 is 0. The monoisotopic (exact) mass is 399 g/mol. The van der Waals surface area contributed by atoms with Gasteiger partial charge in [0.25, 0.3) is 0 Å². The highest BCUT2D eigenvalue weighted by Crippen LogP contribution is 2.23. The summed E-state index contributed by atoms with van der Waals surface area (Å²) in [6, 6.07) is 6.35. The molecule has 0 aliphatic carbocycles. The van der Waals surface area contributed by atoms with Crippen molar-refractivity contribution >= 4 is 5.91 Å². The summed E-state index contributed by atoms with van der Waals surface area (Å²) in [5.74, 6) is 2.35. The first-order chi connectivity index (χ1) is 13.8. The Kier molecular flexibility index (Phi) is 6.96. The number of hydrogen-bond donors (Lipinski definition) is 0. The van der Waals surface area contributed by atoms with Crippen LogP contribution in [0.2, 0.25) is 0 Å². The van der Waals surface area contributed by atoms with E-state index in [1.165, 1.54) is 11.1 Å². The number of benzene rings is 1. The fourth-order valence-corrected chi connectivity index (χ4v) is 3.92. The highest BCUT2D eigenvalue weighted by atomic mass is 16.5. The Bertz CT molecular complexity index is 816. The van der Waals surface area contributed by atoms with Gasteiger partial charge < -0.3 is 14.2 Å². The van der Waals surface area contributed by atoms with Crippen LogP contribution in [-0.2, 0) is 11.2 Å². The Morgan fingerprint density at radius 3 is 2.48 bits per heavy atom. The largest absolute Gasteiger partial charge is 0.492 e. The zero-order valence-electron chi connectivity index (χ0n) is 18.3. The molecule has 2 aromatic rings. The van der Waals surface area contributed by atoms with Crippen LogP contribution in [0.25, 0.3) is 0 Å². The van der Waals surface area contributed by atoms with Crippen molar-refractivity contribution in [2.75, 3.05) is 39.3 Å². The average molecular weight is 400 g/mol. The molecule has 0 N–H and O–H groups in total. The van der Waals surface area contributed by atoms with Crippen LogP contribution in [-0.4, -0.2) is 60.2 Å². The van der Waals surface area contributed by atoms with E-state index in [2.05, 4.69) is 49.0 Å². The van der Waals surface area contributed by atoms with Crippen LogP contribution in [0, 0.1) is 20.8 Å². The lowest BCUT2D eigenvalue weighted by Gasteiger charge is -2.34. The van der Waals surface area contributed by atoms with E-state index in [9.17, 15) is 4.79 Å². The second-order valence-electron chi connectivity index (χ2n) is 8.22. The first-order valence-corrected chi connectivity index (χ1v) is 10.5. The fraction of sp³-hybridized carbons (Fsp3) is 0.565. The van der Waals surface area contributed by atoms with Crippen molar-refractivity contribution in [3.63, 3.8) is 0 Å². The van der Waals surface area contributed by atoms with Gasteiger partial charge in [-0.3, -0.25) is 9.69 Å². The van der Waals surface area contributed by atoms with Gasteiger partial charge in [-0.1, -0.05) is 25.1 Å². The van der Waals surface area contributed by atoms with Crippen molar-refractivity contribution in [2.45, 2.75) is 47.0 Å². The molecule has 1 amide bonds. The van der Waals surface area contributed by atoms with Gasteiger partial charge in [0, 0.05) is 38.3 Å². The molecule has 0 atom stereocenters. The van der Waals surface area contributed by atoms with E-state index >= 15 is 0 Å². The molecule has 1 fully saturated rings. The third-order valence-corrected chi connectivity index (χ3v) is 5.77. The van der Waals surface area contributed by atoms with Crippen molar-refractivity contribution < 1.29 is 14.1 Å². The van der Waals surface area contributed by atoms with Crippen molar-refractivity contribution in [3.8, 4) is 5.75 Å². The fourth-order valence-electron chi connectivity index (χ4n) is 3.92. The highest BCUT2D eigenvalue weighted by molar-refractivity contribution is 5.79. The molecule has 158 valence electrons. The lowest BCUT2D eigenvalue weighted by Crippen LogP contribution is -2.50. The predicted octanol–water partition coefficient (Wildman–Crippen LogP) is 3.49. The van der Waals surface area contributed by atoms with E-state index in [-0.39, 0.29) is 5.91 Å². The number of carbonyl (C=O) groups is 1. The van der Waals surface area contributed by atoms with Crippen molar-refractivity contribution in [1.29, 1.82) is 0 Å². The van der Waals surface area contributed by atoms with Crippen LogP contribution in [0.4, 0.5) is 0 Å². The zero-order chi connectivity index (χ0) is 21.0. The molecule has 0 radical (unpaired) electrons. The van der Waals surface area contributed by atoms with Crippen LogP contribution in [0.15, 0.2) is 22.7 Å². The molecule has 1 saturated heterocycles. The van der Waals surface area contributed by atoms with Crippen LogP contribution >= 0.6 is 0 Å². The molecule has 0 saturated carbocycles. The Morgan fingerprint density at radius 2 is 1.90 bits per heavy atom. The number of aromatic nitrogens is 1. The van der Waals surface area contributed by atoms with Gasteiger partial charge in [-0.25, -0.2) is 0 Å². The lowest BCUT2D eigenvalue weighted by molar-refractivity contribution is -0.132. The van der Waals surface area contributed by atoms with Crippen LogP contribution in [0.1, 0.15) is 47.9 Å². The topological polar surface area (TPSA) is 58.8 Å². The Hall–Kier alpha value is -2.34. The van der Waals surface area contributed by atoms with E-state index in [1.54, 1.807) is 0 Å². The van der Waals surface area contributed by atoms with Gasteiger partial charge in [0.2, 0.25) is 5.91 Å². The first kappa shape index (κ1) is 21.4. The van der Waals surface area contributed by atoms with Crippen molar-refractivity contribution in [1.82, 2.24) is 15.0 Å². The maximum absolute atomic E-state index is 12.6. The number of piperazine rings is 1. The predicted molar refractivity (Wildman–Crippen MR) is 113 cm³/mol. The molecule has 1 aromatic heterocycles. The summed E-state index contributed by atoms with van der Waals surface area (Å²) in [6.07, 6.45) is 0.371. The van der Waals surface area contributed by atoms with Crippen molar-refractivity contribution in [2.24, 2.45) is 0 Å². The van der Waals surface area contributed by atoms with Gasteiger partial charge in [0.05, 0.1) is 12.1 Å². The molecule has 0 spiro atoms. The molecule has 1 aromatic carbocycles. The average Bonchev–Trinajstić information content (AvgIpc) is 3.00. The second-order valence-corrected chi connectivity index (χ2v) is 8.22. The number of amides is 1. The zero-order valence-corrected chi connectivity index (χ0v) is 18.3. The normalized spacial score (nSPS) is 15.2. The lowest BCUT2D eigenvalue weighted by atomic mass is 9.98. The smallest absolute Gasteiger partial charge is 0.227 e. The van der Waals surface area contributed by atoms with Gasteiger partial charge in [0.1, 0.15) is 18.1 Å². The van der Waals surface area contributed by atoms with E-state index < -0.39 is 0 Å². The number of nitrogens with zero attached hydrogens (tertiary/aromatic N) is 3. The Morgan fingerprint density at radius 1 is 1.17 bits per heavy atom. The summed E-state index contributed by atoms with van der Waals surface area (Å²) in [5, 5.41) is 3.94. The molecule has 6 nitrogen and oxygen atoms in total. The molecule has 0 unspecified atom stereocenters. The molecule has 6 heteroatoms. The third kappa shape index (κ3) is 5.38. The van der Waals surface area contributed by atoms with Gasteiger partial charge in [-0.15, -0.1) is 0 Å². The van der Waals surface area contributed by atoms with Gasteiger partial charge in [-0.2, -0.15) is 0 Å². The molecule has 1 aliphatic heterocycles. The van der Waals surface area contributed by atoms with E-state index in [0.717, 1.165) is 55.5 Å². The van der Waals surface area contributed by atoms with Crippen LogP contribution < -0.4 is 4.74 Å². The Labute approximate surface area is 173 Å². The number of ether oxygens (including phenoxy) is 1. The molecule has 1 aliphatic rings. The van der Waals surface area contributed by atoms with Crippen LogP contribution in [0.3, 0.4) is 0 Å². The highest BCUT2D eigenvalue weighted by Gasteiger charge is 2.23. The van der Waals surface area contributed by atoms with Gasteiger partial charge in [-0.05, 0) is 49.9 Å². The summed E-state index contributed by atoms with van der Waals surface area (Å²) in [5.41, 5.74) is 4.38. The first-order valence-electron chi connectivity index (χ1n) is 10.5. The van der Waals surface area contributed by atoms with E-state index in [1.807, 2.05) is 18.7 Å². The van der Waals surface area contributed by atoms with Crippen LogP contribution in [0.5, 0.6) is 5.75 Å². The standard InChI is InChI=1S/C23H33N3O3/c1-16(2)21-7-6-20(14-17(21)3)28-13-12-25-8-10-26(11-9-25)23(27)15-22-18(4)24-29-19(22)5/h6-7,14,16H,8-13,15H2,1-5H3. The third-order valence-electron chi connectivity index (χ3n) is 5.77. The molecule has 3 rings (SSSR count). The number of aryl methyl sites for hydroxylation is 3. The summed E-state index contributed by atoms with van der Waals surface area (Å²) in [7, 11) is 0. The van der Waals surface area contributed by atoms with Gasteiger partial charge >= 0.3 is 0 Å². The van der Waals surface area contributed by atoms with Crippen molar-refractivity contribution in [3.05, 3.63) is 46.3 Å². The summed E-state index contributed by atoms with van der Waals surface area (Å²) < 4.78 is 11.1. The molecular formula is C23H33N3O3. The molecule has 0 bridgehead atoms. The SMILES string of the molecule is Cc1cc(OCCN2CCN(C(=O)Cc3c(C)noc3C)CC2)ccc1C(C)C. The number of rotatable bonds is 7. The van der Waals surface area contributed by atoms with E-state index in [4.69, 9.17) is 9.26 Å². The second kappa shape index (κ2) is 9.44. The minimum atomic E-state index is 0.149. The number of hydrogen-bond acceptors (Lipinski definition) is 5. The molecular weight excluding hydrogens is 366 g/mol. The molecule has 2 heterocycles.